The predicted molar refractivity (Wildman–Crippen MR) is 61.6 cm³/mol. The van der Waals surface area contributed by atoms with Crippen LogP contribution in [0.15, 0.2) is 24.5 Å². The molecule has 0 unspecified atom stereocenters. The number of nitrogens with zero attached hydrogens (tertiary/aromatic N) is 1. The van der Waals surface area contributed by atoms with Crippen LogP contribution in [0, 0.1) is 5.92 Å². The number of Topliss-reactive ketones (excluding diaryl/α,β-unsaturated/α-hetero) is 1. The minimum Gasteiger partial charge on any atom is -0.299 e. The first kappa shape index (κ1) is 11.9. The molecule has 0 radical (unpaired) electrons. The average molecular weight is 205 g/mol. The van der Waals surface area contributed by atoms with E-state index in [1.54, 1.807) is 12.4 Å². The highest BCUT2D eigenvalue weighted by Gasteiger charge is 2.13. The molecule has 0 spiro atoms. The number of hydrogen-bond donors (Lipinski definition) is 0. The lowest BCUT2D eigenvalue weighted by Gasteiger charge is -2.10. The van der Waals surface area contributed by atoms with Crippen LogP contribution < -0.4 is 0 Å². The molecule has 2 nitrogen and oxygen atoms in total. The van der Waals surface area contributed by atoms with Gasteiger partial charge in [0.1, 0.15) is 5.78 Å². The van der Waals surface area contributed by atoms with E-state index in [9.17, 15) is 4.79 Å². The summed E-state index contributed by atoms with van der Waals surface area (Å²) < 4.78 is 0. The van der Waals surface area contributed by atoms with Gasteiger partial charge in [0.05, 0.1) is 0 Å². The van der Waals surface area contributed by atoms with Gasteiger partial charge in [0, 0.05) is 24.7 Å². The molecule has 0 fully saturated rings. The Balaban J connectivity index is 2.40. The van der Waals surface area contributed by atoms with Gasteiger partial charge in [-0.3, -0.25) is 9.78 Å². The van der Waals surface area contributed by atoms with Crippen LogP contribution in [0.3, 0.4) is 0 Å². The normalized spacial score (nSPS) is 10.6. The van der Waals surface area contributed by atoms with Crippen LogP contribution in [0.4, 0.5) is 0 Å². The predicted octanol–water partition coefficient (Wildman–Crippen LogP) is 3.02. The van der Waals surface area contributed by atoms with Gasteiger partial charge < -0.3 is 0 Å². The van der Waals surface area contributed by atoms with Crippen molar-refractivity contribution in [2.24, 2.45) is 5.92 Å². The van der Waals surface area contributed by atoms with Gasteiger partial charge in [-0.15, -0.1) is 0 Å². The molecule has 0 aliphatic heterocycles. The fourth-order valence-corrected chi connectivity index (χ4v) is 1.77. The first-order chi connectivity index (χ1) is 7.27. The van der Waals surface area contributed by atoms with E-state index >= 15 is 0 Å². The summed E-state index contributed by atoms with van der Waals surface area (Å²) in [5, 5.41) is 0. The van der Waals surface area contributed by atoms with Crippen LogP contribution in [0.25, 0.3) is 0 Å². The molecule has 1 aromatic rings. The van der Waals surface area contributed by atoms with Gasteiger partial charge >= 0.3 is 0 Å². The third-order valence-electron chi connectivity index (χ3n) is 2.85. The second-order valence-electron chi connectivity index (χ2n) is 3.84. The lowest BCUT2D eigenvalue weighted by atomic mass is 9.94. The van der Waals surface area contributed by atoms with Crippen LogP contribution in [0.2, 0.25) is 0 Å². The zero-order valence-electron chi connectivity index (χ0n) is 9.57. The highest BCUT2D eigenvalue weighted by Crippen LogP contribution is 2.13. The van der Waals surface area contributed by atoms with Gasteiger partial charge in [-0.1, -0.05) is 13.8 Å². The number of aromatic nitrogens is 1. The van der Waals surface area contributed by atoms with Crippen molar-refractivity contribution in [3.05, 3.63) is 30.1 Å². The van der Waals surface area contributed by atoms with E-state index in [1.165, 1.54) is 5.56 Å². The number of ketones is 1. The molecule has 0 atom stereocenters. The van der Waals surface area contributed by atoms with Crippen molar-refractivity contribution in [3.63, 3.8) is 0 Å². The second-order valence-corrected chi connectivity index (χ2v) is 3.84. The molecule has 0 N–H and O–H groups in total. The molecular weight excluding hydrogens is 186 g/mol. The second kappa shape index (κ2) is 6.33. The Morgan fingerprint density at radius 3 is 2.40 bits per heavy atom. The molecule has 0 amide bonds. The van der Waals surface area contributed by atoms with E-state index < -0.39 is 0 Å². The maximum absolute atomic E-state index is 11.8. The quantitative estimate of drug-likeness (QED) is 0.714. The van der Waals surface area contributed by atoms with Crippen LogP contribution >= 0.6 is 0 Å². The number of carbonyl (C=O) groups excluding carboxylic acids is 1. The third kappa shape index (κ3) is 3.82. The lowest BCUT2D eigenvalue weighted by molar-refractivity contribution is -0.123. The minimum atomic E-state index is 0.256. The molecule has 82 valence electrons. The summed E-state index contributed by atoms with van der Waals surface area (Å²) >= 11 is 0. The van der Waals surface area contributed by atoms with Crippen molar-refractivity contribution in [1.29, 1.82) is 0 Å². The minimum absolute atomic E-state index is 0.256. The first-order valence-electron chi connectivity index (χ1n) is 5.69. The molecule has 1 rings (SSSR count). The van der Waals surface area contributed by atoms with Crippen LogP contribution in [0.5, 0.6) is 0 Å². The summed E-state index contributed by atoms with van der Waals surface area (Å²) in [6.45, 7) is 4.16. The van der Waals surface area contributed by atoms with Gasteiger partial charge in [-0.2, -0.15) is 0 Å². The van der Waals surface area contributed by atoms with Crippen molar-refractivity contribution in [3.8, 4) is 0 Å². The largest absolute Gasteiger partial charge is 0.299 e. The molecule has 15 heavy (non-hydrogen) atoms. The Labute approximate surface area is 91.7 Å². The fourth-order valence-electron chi connectivity index (χ4n) is 1.77. The maximum Gasteiger partial charge on any atom is 0.136 e. The maximum atomic E-state index is 11.8. The number of aryl methyl sites for hydroxylation is 1. The van der Waals surface area contributed by atoms with Crippen LogP contribution in [-0.4, -0.2) is 10.8 Å². The molecule has 0 aliphatic carbocycles. The van der Waals surface area contributed by atoms with Crippen molar-refractivity contribution in [2.45, 2.75) is 39.5 Å². The van der Waals surface area contributed by atoms with Gasteiger partial charge in [-0.05, 0) is 37.0 Å². The van der Waals surface area contributed by atoms with E-state index in [2.05, 4.69) is 18.8 Å². The molecule has 2 heteroatoms. The highest BCUT2D eigenvalue weighted by molar-refractivity contribution is 5.81. The Hall–Kier alpha value is -1.18. The molecule has 0 saturated carbocycles. The van der Waals surface area contributed by atoms with Crippen molar-refractivity contribution >= 4 is 5.78 Å². The third-order valence-corrected chi connectivity index (χ3v) is 2.85. The SMILES string of the molecule is CCC(CC)C(=O)CCc1ccncc1. The Kier molecular flexibility index (Phi) is 5.02. The van der Waals surface area contributed by atoms with Gasteiger partial charge in [0.15, 0.2) is 0 Å². The monoisotopic (exact) mass is 205 g/mol. The number of pyridine rings is 1. The molecule has 0 aromatic carbocycles. The van der Waals surface area contributed by atoms with Crippen LogP contribution in [-0.2, 0) is 11.2 Å². The Morgan fingerprint density at radius 2 is 1.87 bits per heavy atom. The van der Waals surface area contributed by atoms with Gasteiger partial charge in [0.25, 0.3) is 0 Å². The molecule has 0 bridgehead atoms. The topological polar surface area (TPSA) is 30.0 Å². The van der Waals surface area contributed by atoms with Crippen molar-refractivity contribution in [2.75, 3.05) is 0 Å². The summed E-state index contributed by atoms with van der Waals surface area (Å²) in [7, 11) is 0. The summed E-state index contributed by atoms with van der Waals surface area (Å²) in [4.78, 5) is 15.7. The van der Waals surface area contributed by atoms with E-state index in [0.717, 1.165) is 19.3 Å². The lowest BCUT2D eigenvalue weighted by Crippen LogP contribution is -2.13. The number of carbonyl (C=O) groups is 1. The molecule has 0 saturated heterocycles. The van der Waals surface area contributed by atoms with Crippen LogP contribution in [0.1, 0.15) is 38.7 Å². The zero-order chi connectivity index (χ0) is 11.1. The number of hydrogen-bond acceptors (Lipinski definition) is 2. The Morgan fingerprint density at radius 1 is 1.27 bits per heavy atom. The zero-order valence-corrected chi connectivity index (χ0v) is 9.57. The van der Waals surface area contributed by atoms with Crippen molar-refractivity contribution in [1.82, 2.24) is 4.98 Å². The average Bonchev–Trinajstić information content (AvgIpc) is 2.29. The molecular formula is C13H19NO. The smallest absolute Gasteiger partial charge is 0.136 e. The van der Waals surface area contributed by atoms with Crippen molar-refractivity contribution < 1.29 is 4.79 Å². The van der Waals surface area contributed by atoms with Gasteiger partial charge in [0.2, 0.25) is 0 Å². The standard InChI is InChI=1S/C13H19NO/c1-3-12(4-2)13(15)6-5-11-7-9-14-10-8-11/h7-10,12H,3-6H2,1-2H3. The summed E-state index contributed by atoms with van der Waals surface area (Å²) in [5.41, 5.74) is 1.20. The fraction of sp³-hybridized carbons (Fsp3) is 0.538. The number of rotatable bonds is 6. The molecule has 1 aromatic heterocycles. The highest BCUT2D eigenvalue weighted by atomic mass is 16.1. The summed E-state index contributed by atoms with van der Waals surface area (Å²) in [6.07, 6.45) is 6.99. The summed E-state index contributed by atoms with van der Waals surface area (Å²) in [5.74, 6) is 0.656. The molecule has 1 heterocycles. The molecule has 0 aliphatic rings. The van der Waals surface area contributed by atoms with E-state index in [4.69, 9.17) is 0 Å². The van der Waals surface area contributed by atoms with Gasteiger partial charge in [-0.25, -0.2) is 0 Å². The summed E-state index contributed by atoms with van der Waals surface area (Å²) in [6, 6.07) is 3.94. The Bertz CT molecular complexity index is 291. The first-order valence-corrected chi connectivity index (χ1v) is 5.69. The van der Waals surface area contributed by atoms with E-state index in [-0.39, 0.29) is 5.92 Å². The van der Waals surface area contributed by atoms with E-state index in [0.29, 0.717) is 12.2 Å². The van der Waals surface area contributed by atoms with E-state index in [1.807, 2.05) is 12.1 Å².